The van der Waals surface area contributed by atoms with Gasteiger partial charge in [-0.2, -0.15) is 0 Å². The highest BCUT2D eigenvalue weighted by atomic mass is 31.2. The molecule has 1 aliphatic rings. The molecule has 0 spiro atoms. The van der Waals surface area contributed by atoms with E-state index in [0.717, 1.165) is 0 Å². The fourth-order valence-electron chi connectivity index (χ4n) is 5.72. The van der Waals surface area contributed by atoms with Crippen molar-refractivity contribution in [1.82, 2.24) is 0 Å². The molecule has 0 radical (unpaired) electrons. The molecule has 0 aliphatic heterocycles. The van der Waals surface area contributed by atoms with Crippen LogP contribution in [0, 0.1) is 0 Å². The number of hydrogen-bond donors (Lipinski definition) is 3. The van der Waals surface area contributed by atoms with Crippen LogP contribution in [0.5, 0.6) is 0 Å². The Bertz CT molecular complexity index is 1620. The van der Waals surface area contributed by atoms with Gasteiger partial charge in [-0.05, 0) is 66.8 Å². The molecule has 0 unspecified atom stereocenters. The Kier molecular flexibility index (Phi) is 7.37. The maximum Gasteiger partial charge on any atom is 0.324 e. The van der Waals surface area contributed by atoms with Gasteiger partial charge in [-0.15, -0.1) is 0 Å². The lowest BCUT2D eigenvalue weighted by molar-refractivity contribution is 0.368. The SMILES string of the molecule is OP(O)O.c1ccc(-c2c(-c3ccccc3)c(-c3ccccc3)c3c(c2-c2ccccc2)-c2ccccc2-3)cc1. The lowest BCUT2D eigenvalue weighted by Gasteiger charge is -2.34. The summed E-state index contributed by atoms with van der Waals surface area (Å²) in [6, 6.07) is 52.4. The second kappa shape index (κ2) is 11.4. The van der Waals surface area contributed by atoms with Crippen molar-refractivity contribution in [3.05, 3.63) is 146 Å². The minimum absolute atomic E-state index is 1.24. The van der Waals surface area contributed by atoms with E-state index in [-0.39, 0.29) is 0 Å². The first-order valence-corrected chi connectivity index (χ1v) is 14.3. The first-order chi connectivity index (χ1) is 19.6. The zero-order chi connectivity index (χ0) is 27.5. The van der Waals surface area contributed by atoms with E-state index in [2.05, 4.69) is 146 Å². The number of hydrogen-bond acceptors (Lipinski definition) is 3. The first-order valence-electron chi connectivity index (χ1n) is 13.1. The smallest absolute Gasteiger partial charge is 0.324 e. The zero-order valence-electron chi connectivity index (χ0n) is 21.6. The highest BCUT2D eigenvalue weighted by Gasteiger charge is 2.34. The molecular formula is C36H27O3P. The van der Waals surface area contributed by atoms with Gasteiger partial charge in [0.2, 0.25) is 0 Å². The normalized spacial score (nSPS) is 11.1. The summed E-state index contributed by atoms with van der Waals surface area (Å²) in [7, 11) is -2.62. The molecule has 1 aliphatic carbocycles. The van der Waals surface area contributed by atoms with Gasteiger partial charge < -0.3 is 14.7 Å². The molecule has 0 atom stereocenters. The molecule has 0 aromatic heterocycles. The monoisotopic (exact) mass is 538 g/mol. The average Bonchev–Trinajstić information content (AvgIpc) is 3.00. The van der Waals surface area contributed by atoms with Crippen LogP contribution >= 0.6 is 8.60 Å². The van der Waals surface area contributed by atoms with Crippen LogP contribution in [-0.2, 0) is 0 Å². The third-order valence-electron chi connectivity index (χ3n) is 7.22. The largest absolute Gasteiger partial charge is 0.328 e. The molecule has 3 N–H and O–H groups in total. The quantitative estimate of drug-likeness (QED) is 0.196. The van der Waals surface area contributed by atoms with Crippen LogP contribution in [0.3, 0.4) is 0 Å². The van der Waals surface area contributed by atoms with Gasteiger partial charge in [0, 0.05) is 0 Å². The van der Waals surface area contributed by atoms with E-state index in [1.54, 1.807) is 0 Å². The predicted octanol–water partition coefficient (Wildman–Crippen LogP) is 9.19. The van der Waals surface area contributed by atoms with Crippen molar-refractivity contribution in [3.8, 4) is 66.8 Å². The molecule has 0 amide bonds. The summed E-state index contributed by atoms with van der Waals surface area (Å²) in [5.41, 5.74) is 15.6. The second-order valence-electron chi connectivity index (χ2n) is 9.53. The molecule has 40 heavy (non-hydrogen) atoms. The highest BCUT2D eigenvalue weighted by molar-refractivity contribution is 7.38. The maximum atomic E-state index is 7.23. The van der Waals surface area contributed by atoms with Crippen molar-refractivity contribution in [2.45, 2.75) is 0 Å². The molecule has 6 aromatic rings. The summed E-state index contributed by atoms with van der Waals surface area (Å²) in [6.45, 7) is 0. The maximum absolute atomic E-state index is 7.23. The lowest BCUT2D eigenvalue weighted by atomic mass is 9.68. The highest BCUT2D eigenvalue weighted by Crippen LogP contribution is 2.61. The second-order valence-corrected chi connectivity index (χ2v) is 10.1. The topological polar surface area (TPSA) is 60.7 Å². The molecule has 0 heterocycles. The third-order valence-corrected chi connectivity index (χ3v) is 7.22. The van der Waals surface area contributed by atoms with Crippen LogP contribution < -0.4 is 0 Å². The average molecular weight is 539 g/mol. The molecule has 3 nitrogen and oxygen atoms in total. The minimum Gasteiger partial charge on any atom is -0.328 e. The number of benzene rings is 6. The fraction of sp³-hybridized carbons (Fsp3) is 0. The standard InChI is InChI=1S/C36H24.H3O3P/c1-5-15-25(16-6-1)31-32(26-17-7-2-8-18-26)34(28-21-11-4-12-22-28)36-30-24-14-13-23-29(30)35(36)33(31)27-19-9-3-10-20-27;1-4(2)3/h1-24H;1-3H. The van der Waals surface area contributed by atoms with Gasteiger partial charge in [0.05, 0.1) is 0 Å². The van der Waals surface area contributed by atoms with Crippen molar-refractivity contribution in [1.29, 1.82) is 0 Å². The van der Waals surface area contributed by atoms with Gasteiger partial charge in [-0.25, -0.2) is 0 Å². The minimum atomic E-state index is -2.62. The van der Waals surface area contributed by atoms with Crippen molar-refractivity contribution >= 4 is 8.60 Å². The van der Waals surface area contributed by atoms with E-state index < -0.39 is 8.60 Å². The van der Waals surface area contributed by atoms with Crippen molar-refractivity contribution in [3.63, 3.8) is 0 Å². The van der Waals surface area contributed by atoms with E-state index in [1.807, 2.05) is 0 Å². The third kappa shape index (κ3) is 4.77. The van der Waals surface area contributed by atoms with Gasteiger partial charge in [0.15, 0.2) is 0 Å². The first kappa shape index (κ1) is 25.9. The van der Waals surface area contributed by atoms with Crippen LogP contribution in [0.25, 0.3) is 66.8 Å². The van der Waals surface area contributed by atoms with E-state index >= 15 is 0 Å². The van der Waals surface area contributed by atoms with Crippen molar-refractivity contribution in [2.75, 3.05) is 0 Å². The molecule has 7 rings (SSSR count). The van der Waals surface area contributed by atoms with E-state index in [1.165, 1.54) is 66.8 Å². The molecule has 0 saturated heterocycles. The van der Waals surface area contributed by atoms with E-state index in [4.69, 9.17) is 14.7 Å². The fourth-order valence-corrected chi connectivity index (χ4v) is 5.72. The molecule has 4 heteroatoms. The molecule has 0 fully saturated rings. The number of fused-ring (bicyclic) bond motifs is 4. The van der Waals surface area contributed by atoms with Gasteiger partial charge in [-0.3, -0.25) is 0 Å². The van der Waals surface area contributed by atoms with Crippen LogP contribution in [0.15, 0.2) is 146 Å². The summed E-state index contributed by atoms with van der Waals surface area (Å²) in [6.07, 6.45) is 0. The van der Waals surface area contributed by atoms with Gasteiger partial charge in [-0.1, -0.05) is 146 Å². The summed E-state index contributed by atoms with van der Waals surface area (Å²) < 4.78 is 0. The van der Waals surface area contributed by atoms with Crippen molar-refractivity contribution < 1.29 is 14.7 Å². The van der Waals surface area contributed by atoms with E-state index in [9.17, 15) is 0 Å². The summed E-state index contributed by atoms with van der Waals surface area (Å²) in [5, 5.41) is 0. The zero-order valence-corrected chi connectivity index (χ0v) is 22.5. The van der Waals surface area contributed by atoms with Crippen LogP contribution in [-0.4, -0.2) is 14.7 Å². The number of rotatable bonds is 4. The Labute approximate surface area is 235 Å². The molecule has 0 bridgehead atoms. The van der Waals surface area contributed by atoms with Gasteiger partial charge >= 0.3 is 8.60 Å². The molecule has 6 aromatic carbocycles. The summed E-state index contributed by atoms with van der Waals surface area (Å²) in [5.74, 6) is 0. The van der Waals surface area contributed by atoms with Crippen LogP contribution in [0.4, 0.5) is 0 Å². The van der Waals surface area contributed by atoms with E-state index in [0.29, 0.717) is 0 Å². The van der Waals surface area contributed by atoms with Crippen molar-refractivity contribution in [2.24, 2.45) is 0 Å². The Balaban J connectivity index is 0.000000680. The Hall–Kier alpha value is -4.37. The van der Waals surface area contributed by atoms with Crippen LogP contribution in [0.1, 0.15) is 0 Å². The lowest BCUT2D eigenvalue weighted by Crippen LogP contribution is -2.08. The Morgan fingerprint density at radius 1 is 0.275 bits per heavy atom. The van der Waals surface area contributed by atoms with Gasteiger partial charge in [0.1, 0.15) is 0 Å². The molecule has 194 valence electrons. The Morgan fingerprint density at radius 3 is 0.725 bits per heavy atom. The van der Waals surface area contributed by atoms with Gasteiger partial charge in [0.25, 0.3) is 0 Å². The molecule has 0 saturated carbocycles. The summed E-state index contributed by atoms with van der Waals surface area (Å²) in [4.78, 5) is 21.7. The van der Waals surface area contributed by atoms with Crippen LogP contribution in [0.2, 0.25) is 0 Å². The predicted molar refractivity (Wildman–Crippen MR) is 166 cm³/mol. The Morgan fingerprint density at radius 2 is 0.475 bits per heavy atom. The summed E-state index contributed by atoms with van der Waals surface area (Å²) >= 11 is 0. The molecular weight excluding hydrogens is 511 g/mol.